The summed E-state index contributed by atoms with van der Waals surface area (Å²) >= 11 is 0. The summed E-state index contributed by atoms with van der Waals surface area (Å²) in [5, 5.41) is 4.37. The van der Waals surface area contributed by atoms with Gasteiger partial charge in [-0.3, -0.25) is 4.79 Å². The number of fused-ring (bicyclic) bond motifs is 1. The van der Waals surface area contributed by atoms with Gasteiger partial charge in [0.2, 0.25) is 0 Å². The molecule has 1 unspecified atom stereocenters. The summed E-state index contributed by atoms with van der Waals surface area (Å²) in [5.74, 6) is -0.507. The number of nitrogens with one attached hydrogen (secondary N) is 2. The molecule has 0 saturated carbocycles. The largest absolute Gasteiger partial charge is 0.468 e. The number of methoxy groups -OCH3 is 1. The standard InChI is InChI=1S/C15H20N2O2/c1-4-16-9-12(15(18)19-3)14-10(2)11-7-5-6-8-13(11)17-14/h5-8,12,16-17H,4,9H2,1-3H3. The average molecular weight is 260 g/mol. The van der Waals surface area contributed by atoms with Crippen molar-refractivity contribution in [2.45, 2.75) is 19.8 Å². The van der Waals surface area contributed by atoms with Crippen molar-refractivity contribution in [3.05, 3.63) is 35.5 Å². The number of esters is 1. The number of hydrogen-bond donors (Lipinski definition) is 2. The summed E-state index contributed by atoms with van der Waals surface area (Å²) in [6.07, 6.45) is 0. The number of aryl methyl sites for hydroxylation is 1. The van der Waals surface area contributed by atoms with E-state index in [2.05, 4.69) is 16.4 Å². The lowest BCUT2D eigenvalue weighted by molar-refractivity contribution is -0.142. The Hall–Kier alpha value is -1.81. The van der Waals surface area contributed by atoms with Gasteiger partial charge in [0, 0.05) is 23.1 Å². The Bertz CT molecular complexity index is 575. The van der Waals surface area contributed by atoms with Crippen LogP contribution in [0.5, 0.6) is 0 Å². The second-order valence-corrected chi connectivity index (χ2v) is 4.59. The third-order valence-corrected chi connectivity index (χ3v) is 3.44. The highest BCUT2D eigenvalue weighted by Gasteiger charge is 2.25. The van der Waals surface area contributed by atoms with Crippen LogP contribution in [-0.2, 0) is 9.53 Å². The summed E-state index contributed by atoms with van der Waals surface area (Å²) in [5.41, 5.74) is 3.11. The van der Waals surface area contributed by atoms with Crippen LogP contribution >= 0.6 is 0 Å². The summed E-state index contributed by atoms with van der Waals surface area (Å²) in [4.78, 5) is 15.3. The maximum absolute atomic E-state index is 12.0. The van der Waals surface area contributed by atoms with E-state index in [-0.39, 0.29) is 11.9 Å². The second kappa shape index (κ2) is 5.89. The molecule has 2 rings (SSSR count). The fraction of sp³-hybridized carbons (Fsp3) is 0.400. The molecule has 1 aromatic heterocycles. The SMILES string of the molecule is CCNCC(C(=O)OC)c1[nH]c2ccccc2c1C. The first-order valence-corrected chi connectivity index (χ1v) is 6.54. The first-order valence-electron chi connectivity index (χ1n) is 6.54. The Kier molecular flexibility index (Phi) is 4.22. The molecule has 0 amide bonds. The van der Waals surface area contributed by atoms with Crippen LogP contribution in [0, 0.1) is 6.92 Å². The molecule has 0 saturated heterocycles. The highest BCUT2D eigenvalue weighted by molar-refractivity contribution is 5.88. The van der Waals surface area contributed by atoms with Crippen molar-refractivity contribution in [3.63, 3.8) is 0 Å². The molecule has 1 aromatic carbocycles. The molecule has 0 aliphatic carbocycles. The average Bonchev–Trinajstić information content (AvgIpc) is 2.77. The number of aromatic nitrogens is 1. The van der Waals surface area contributed by atoms with Gasteiger partial charge in [0.1, 0.15) is 5.92 Å². The first kappa shape index (κ1) is 13.6. The van der Waals surface area contributed by atoms with E-state index in [4.69, 9.17) is 4.74 Å². The van der Waals surface area contributed by atoms with E-state index in [9.17, 15) is 4.79 Å². The number of para-hydroxylation sites is 1. The van der Waals surface area contributed by atoms with Crippen molar-refractivity contribution in [3.8, 4) is 0 Å². The number of ether oxygens (including phenoxy) is 1. The van der Waals surface area contributed by atoms with E-state index in [1.54, 1.807) is 0 Å². The van der Waals surface area contributed by atoms with Crippen LogP contribution in [0.15, 0.2) is 24.3 Å². The molecule has 19 heavy (non-hydrogen) atoms. The predicted molar refractivity (Wildman–Crippen MR) is 76.3 cm³/mol. The summed E-state index contributed by atoms with van der Waals surface area (Å²) < 4.78 is 4.92. The van der Waals surface area contributed by atoms with Crippen molar-refractivity contribution in [1.82, 2.24) is 10.3 Å². The molecule has 0 aliphatic rings. The van der Waals surface area contributed by atoms with Gasteiger partial charge in [0.15, 0.2) is 0 Å². The van der Waals surface area contributed by atoms with E-state index in [1.807, 2.05) is 32.0 Å². The monoisotopic (exact) mass is 260 g/mol. The van der Waals surface area contributed by atoms with Crippen LogP contribution in [0.1, 0.15) is 24.1 Å². The Morgan fingerprint density at radius 1 is 1.42 bits per heavy atom. The summed E-state index contributed by atoms with van der Waals surface area (Å²) in [6, 6.07) is 8.07. The second-order valence-electron chi connectivity index (χ2n) is 4.59. The fourth-order valence-electron chi connectivity index (χ4n) is 2.39. The lowest BCUT2D eigenvalue weighted by atomic mass is 10.0. The zero-order valence-corrected chi connectivity index (χ0v) is 11.6. The van der Waals surface area contributed by atoms with E-state index in [1.165, 1.54) is 7.11 Å². The Morgan fingerprint density at radius 2 is 2.16 bits per heavy atom. The minimum Gasteiger partial charge on any atom is -0.468 e. The third kappa shape index (κ3) is 2.63. The van der Waals surface area contributed by atoms with Gasteiger partial charge in [-0.05, 0) is 25.1 Å². The zero-order valence-electron chi connectivity index (χ0n) is 11.6. The summed E-state index contributed by atoms with van der Waals surface area (Å²) in [6.45, 7) is 5.46. The van der Waals surface area contributed by atoms with Crippen LogP contribution in [0.25, 0.3) is 10.9 Å². The lowest BCUT2D eigenvalue weighted by Gasteiger charge is -2.14. The molecule has 1 atom stereocenters. The molecular weight excluding hydrogens is 240 g/mol. The Morgan fingerprint density at radius 3 is 2.79 bits per heavy atom. The van der Waals surface area contributed by atoms with E-state index < -0.39 is 0 Å². The summed E-state index contributed by atoms with van der Waals surface area (Å²) in [7, 11) is 1.43. The highest BCUT2D eigenvalue weighted by Crippen LogP contribution is 2.27. The molecule has 0 spiro atoms. The molecule has 102 valence electrons. The van der Waals surface area contributed by atoms with Crippen molar-refractivity contribution in [2.24, 2.45) is 0 Å². The van der Waals surface area contributed by atoms with Crippen LogP contribution in [0.4, 0.5) is 0 Å². The number of benzene rings is 1. The quantitative estimate of drug-likeness (QED) is 0.811. The number of hydrogen-bond acceptors (Lipinski definition) is 3. The topological polar surface area (TPSA) is 54.1 Å². The van der Waals surface area contributed by atoms with Gasteiger partial charge in [-0.1, -0.05) is 25.1 Å². The maximum Gasteiger partial charge on any atom is 0.315 e. The number of carbonyl (C=O) groups excluding carboxylic acids is 1. The number of aromatic amines is 1. The van der Waals surface area contributed by atoms with Crippen LogP contribution in [0.2, 0.25) is 0 Å². The minimum atomic E-state index is -0.294. The zero-order chi connectivity index (χ0) is 13.8. The Labute approximate surface area is 113 Å². The van der Waals surface area contributed by atoms with E-state index in [0.717, 1.165) is 28.7 Å². The maximum atomic E-state index is 12.0. The number of H-pyrrole nitrogens is 1. The van der Waals surface area contributed by atoms with E-state index in [0.29, 0.717) is 6.54 Å². The molecule has 0 radical (unpaired) electrons. The van der Waals surface area contributed by atoms with Gasteiger partial charge in [-0.15, -0.1) is 0 Å². The number of carbonyl (C=O) groups is 1. The van der Waals surface area contributed by atoms with Crippen molar-refractivity contribution >= 4 is 16.9 Å². The van der Waals surface area contributed by atoms with Gasteiger partial charge in [0.05, 0.1) is 7.11 Å². The Balaban J connectivity index is 2.43. The van der Waals surface area contributed by atoms with Crippen molar-refractivity contribution in [2.75, 3.05) is 20.2 Å². The minimum absolute atomic E-state index is 0.212. The molecule has 1 heterocycles. The number of rotatable bonds is 5. The van der Waals surface area contributed by atoms with Crippen LogP contribution in [0.3, 0.4) is 0 Å². The van der Waals surface area contributed by atoms with Gasteiger partial charge in [0.25, 0.3) is 0 Å². The molecule has 0 bridgehead atoms. The normalized spacial score (nSPS) is 12.6. The highest BCUT2D eigenvalue weighted by atomic mass is 16.5. The van der Waals surface area contributed by atoms with Crippen LogP contribution in [-0.4, -0.2) is 31.2 Å². The van der Waals surface area contributed by atoms with Gasteiger partial charge in [-0.2, -0.15) is 0 Å². The molecule has 0 fully saturated rings. The third-order valence-electron chi connectivity index (χ3n) is 3.44. The fourth-order valence-corrected chi connectivity index (χ4v) is 2.39. The number of likely N-dealkylation sites (N-methyl/N-ethyl adjacent to an activating group) is 1. The van der Waals surface area contributed by atoms with E-state index >= 15 is 0 Å². The molecule has 2 N–H and O–H groups in total. The first-order chi connectivity index (χ1) is 9.19. The lowest BCUT2D eigenvalue weighted by Crippen LogP contribution is -2.28. The molecule has 0 aliphatic heterocycles. The van der Waals surface area contributed by atoms with Crippen molar-refractivity contribution < 1.29 is 9.53 Å². The molecular formula is C15H20N2O2. The van der Waals surface area contributed by atoms with Gasteiger partial charge < -0.3 is 15.0 Å². The van der Waals surface area contributed by atoms with Gasteiger partial charge in [-0.25, -0.2) is 0 Å². The molecule has 2 aromatic rings. The smallest absolute Gasteiger partial charge is 0.315 e. The van der Waals surface area contributed by atoms with Gasteiger partial charge >= 0.3 is 5.97 Å². The van der Waals surface area contributed by atoms with Crippen molar-refractivity contribution in [1.29, 1.82) is 0 Å². The van der Waals surface area contributed by atoms with Crippen LogP contribution < -0.4 is 5.32 Å². The molecule has 4 nitrogen and oxygen atoms in total. The predicted octanol–water partition coefficient (Wildman–Crippen LogP) is 2.34. The molecule has 4 heteroatoms.